The van der Waals surface area contributed by atoms with E-state index >= 15 is 0 Å². The molecule has 2 saturated heterocycles. The highest BCUT2D eigenvalue weighted by Gasteiger charge is 2.33. The minimum Gasteiger partial charge on any atom is -0.459 e. The average molecular weight is 410 g/mol. The maximum Gasteiger partial charge on any atom is 0.317 e. The van der Waals surface area contributed by atoms with Crippen molar-refractivity contribution in [3.05, 3.63) is 53.5 Å². The number of nitrogens with zero attached hydrogens (tertiary/aromatic N) is 3. The molecule has 0 bridgehead atoms. The van der Waals surface area contributed by atoms with Gasteiger partial charge in [-0.25, -0.2) is 4.79 Å². The lowest BCUT2D eigenvalue weighted by Gasteiger charge is -2.34. The molecule has 1 aromatic carbocycles. The van der Waals surface area contributed by atoms with E-state index in [0.29, 0.717) is 38.5 Å². The van der Waals surface area contributed by atoms with E-state index in [1.165, 1.54) is 11.8 Å². The molecule has 2 aromatic rings. The van der Waals surface area contributed by atoms with Gasteiger partial charge in [0.05, 0.1) is 12.3 Å². The highest BCUT2D eigenvalue weighted by atomic mass is 16.3. The van der Waals surface area contributed by atoms with E-state index in [2.05, 4.69) is 5.32 Å². The van der Waals surface area contributed by atoms with Gasteiger partial charge < -0.3 is 24.4 Å². The first kappa shape index (κ1) is 20.0. The number of carbonyl (C=O) groups is 3. The zero-order valence-corrected chi connectivity index (χ0v) is 17.3. The summed E-state index contributed by atoms with van der Waals surface area (Å²) in [5, 5.41) is 2.98. The number of nitrogens with one attached hydrogen (secondary N) is 1. The Morgan fingerprint density at radius 2 is 1.77 bits per heavy atom. The van der Waals surface area contributed by atoms with Crippen molar-refractivity contribution in [3.8, 4) is 0 Å². The van der Waals surface area contributed by atoms with Crippen LogP contribution in [0.3, 0.4) is 0 Å². The fourth-order valence-corrected chi connectivity index (χ4v) is 3.88. The smallest absolute Gasteiger partial charge is 0.317 e. The topological polar surface area (TPSA) is 86.1 Å². The molecule has 2 fully saturated rings. The number of aryl methyl sites for hydroxylation is 2. The van der Waals surface area contributed by atoms with Crippen molar-refractivity contribution in [1.82, 2.24) is 15.1 Å². The predicted molar refractivity (Wildman–Crippen MR) is 111 cm³/mol. The van der Waals surface area contributed by atoms with Gasteiger partial charge in [0.25, 0.3) is 5.91 Å². The summed E-state index contributed by atoms with van der Waals surface area (Å²) in [7, 11) is 0. The van der Waals surface area contributed by atoms with Crippen LogP contribution in [0.5, 0.6) is 0 Å². The van der Waals surface area contributed by atoms with Crippen molar-refractivity contribution in [2.24, 2.45) is 0 Å². The Labute approximate surface area is 175 Å². The molecule has 4 amide bonds. The lowest BCUT2D eigenvalue weighted by molar-refractivity contribution is -0.117. The number of urea groups is 1. The molecule has 2 aliphatic rings. The molecule has 8 heteroatoms. The Morgan fingerprint density at radius 3 is 2.43 bits per heavy atom. The number of piperazine rings is 1. The van der Waals surface area contributed by atoms with Crippen LogP contribution in [0.15, 0.2) is 41.0 Å². The lowest BCUT2D eigenvalue weighted by Crippen LogP contribution is -2.54. The van der Waals surface area contributed by atoms with Crippen LogP contribution < -0.4 is 10.2 Å². The molecule has 0 radical (unpaired) electrons. The molecule has 0 aliphatic carbocycles. The van der Waals surface area contributed by atoms with Gasteiger partial charge in [-0.15, -0.1) is 0 Å². The minimum absolute atomic E-state index is 0.0115. The van der Waals surface area contributed by atoms with E-state index < -0.39 is 0 Å². The van der Waals surface area contributed by atoms with Crippen molar-refractivity contribution in [2.45, 2.75) is 26.3 Å². The monoisotopic (exact) mass is 410 g/mol. The SMILES string of the molecule is Cc1ccc(N2C[C@H](NC(=O)N3CCN(C(=O)c4ccco4)CC3)CC2=O)cc1C. The average Bonchev–Trinajstić information content (AvgIpc) is 3.40. The Bertz CT molecular complexity index is 948. The van der Waals surface area contributed by atoms with Gasteiger partial charge in [-0.05, 0) is 49.2 Å². The molecular formula is C22H26N4O4. The number of anilines is 1. The van der Waals surface area contributed by atoms with Crippen molar-refractivity contribution in [2.75, 3.05) is 37.6 Å². The van der Waals surface area contributed by atoms with Crippen LogP contribution in [0.2, 0.25) is 0 Å². The molecule has 0 spiro atoms. The van der Waals surface area contributed by atoms with Crippen molar-refractivity contribution >= 4 is 23.5 Å². The number of benzene rings is 1. The summed E-state index contributed by atoms with van der Waals surface area (Å²) in [5.74, 6) is 0.159. The third kappa shape index (κ3) is 4.03. The Morgan fingerprint density at radius 1 is 1.03 bits per heavy atom. The third-order valence-electron chi connectivity index (χ3n) is 5.84. The fourth-order valence-electron chi connectivity index (χ4n) is 3.88. The third-order valence-corrected chi connectivity index (χ3v) is 5.84. The predicted octanol–water partition coefficient (Wildman–Crippen LogP) is 2.17. The van der Waals surface area contributed by atoms with Gasteiger partial charge >= 0.3 is 6.03 Å². The fraction of sp³-hybridized carbons (Fsp3) is 0.409. The van der Waals surface area contributed by atoms with E-state index in [9.17, 15) is 14.4 Å². The number of furan rings is 1. The van der Waals surface area contributed by atoms with Crippen molar-refractivity contribution in [3.63, 3.8) is 0 Å². The standard InChI is InChI=1S/C22H26N4O4/c1-15-5-6-18(12-16(15)2)26-14-17(13-20(26)27)23-22(29)25-9-7-24(8-10-25)21(28)19-4-3-11-30-19/h3-6,11-12,17H,7-10,13-14H2,1-2H3,(H,23,29)/t17-/m1/s1. The van der Waals surface area contributed by atoms with Crippen molar-refractivity contribution in [1.29, 1.82) is 0 Å². The molecule has 30 heavy (non-hydrogen) atoms. The zero-order valence-electron chi connectivity index (χ0n) is 17.3. The van der Waals surface area contributed by atoms with E-state index in [1.54, 1.807) is 26.8 Å². The highest BCUT2D eigenvalue weighted by Crippen LogP contribution is 2.24. The number of hydrogen-bond donors (Lipinski definition) is 1. The second-order valence-electron chi connectivity index (χ2n) is 7.88. The molecule has 1 N–H and O–H groups in total. The summed E-state index contributed by atoms with van der Waals surface area (Å²) < 4.78 is 5.16. The van der Waals surface area contributed by atoms with E-state index in [1.807, 2.05) is 32.0 Å². The number of hydrogen-bond acceptors (Lipinski definition) is 4. The second-order valence-corrected chi connectivity index (χ2v) is 7.88. The van der Waals surface area contributed by atoms with Crippen LogP contribution in [0, 0.1) is 13.8 Å². The molecule has 3 heterocycles. The number of amides is 4. The molecular weight excluding hydrogens is 384 g/mol. The Hall–Kier alpha value is -3.29. The molecule has 1 aromatic heterocycles. The van der Waals surface area contributed by atoms with Gasteiger partial charge in [0.1, 0.15) is 0 Å². The molecule has 0 saturated carbocycles. The largest absolute Gasteiger partial charge is 0.459 e. The van der Waals surface area contributed by atoms with Crippen LogP contribution in [-0.4, -0.2) is 66.4 Å². The number of rotatable bonds is 3. The first-order valence-corrected chi connectivity index (χ1v) is 10.2. The van der Waals surface area contributed by atoms with Crippen molar-refractivity contribution < 1.29 is 18.8 Å². The van der Waals surface area contributed by atoms with Gasteiger partial charge in [0.15, 0.2) is 5.76 Å². The minimum atomic E-state index is -0.227. The van der Waals surface area contributed by atoms with Gasteiger partial charge in [-0.3, -0.25) is 9.59 Å². The maximum atomic E-state index is 12.7. The summed E-state index contributed by atoms with van der Waals surface area (Å²) in [4.78, 5) is 42.6. The van der Waals surface area contributed by atoms with Gasteiger partial charge in [-0.2, -0.15) is 0 Å². The Balaban J connectivity index is 1.30. The quantitative estimate of drug-likeness (QED) is 0.840. The van der Waals surface area contributed by atoms with Crippen LogP contribution in [0.1, 0.15) is 28.1 Å². The van der Waals surface area contributed by atoms with Crippen LogP contribution >= 0.6 is 0 Å². The molecule has 158 valence electrons. The Kier molecular flexibility index (Phi) is 5.48. The first-order valence-electron chi connectivity index (χ1n) is 10.2. The number of carbonyl (C=O) groups excluding carboxylic acids is 3. The van der Waals surface area contributed by atoms with Crippen LogP contribution in [0.25, 0.3) is 0 Å². The summed E-state index contributed by atoms with van der Waals surface area (Å²) in [6.07, 6.45) is 1.76. The summed E-state index contributed by atoms with van der Waals surface area (Å²) in [6.45, 7) is 6.31. The molecule has 2 aliphatic heterocycles. The second kappa shape index (κ2) is 8.22. The summed E-state index contributed by atoms with van der Waals surface area (Å²) >= 11 is 0. The normalized spacial score (nSPS) is 19.3. The van der Waals surface area contributed by atoms with Crippen LogP contribution in [-0.2, 0) is 4.79 Å². The van der Waals surface area contributed by atoms with Gasteiger partial charge in [-0.1, -0.05) is 6.07 Å². The van der Waals surface area contributed by atoms with E-state index in [-0.39, 0.29) is 30.3 Å². The highest BCUT2D eigenvalue weighted by molar-refractivity contribution is 5.97. The first-order chi connectivity index (χ1) is 14.4. The zero-order chi connectivity index (χ0) is 21.3. The molecule has 8 nitrogen and oxygen atoms in total. The molecule has 0 unspecified atom stereocenters. The lowest BCUT2D eigenvalue weighted by atomic mass is 10.1. The van der Waals surface area contributed by atoms with Crippen LogP contribution in [0.4, 0.5) is 10.5 Å². The van der Waals surface area contributed by atoms with E-state index in [4.69, 9.17) is 4.42 Å². The van der Waals surface area contributed by atoms with E-state index in [0.717, 1.165) is 11.3 Å². The molecule has 1 atom stereocenters. The van der Waals surface area contributed by atoms with Gasteiger partial charge in [0, 0.05) is 44.8 Å². The summed E-state index contributed by atoms with van der Waals surface area (Å²) in [6, 6.07) is 8.86. The summed E-state index contributed by atoms with van der Waals surface area (Å²) in [5.41, 5.74) is 3.18. The molecule has 4 rings (SSSR count). The van der Waals surface area contributed by atoms with Gasteiger partial charge in [0.2, 0.25) is 5.91 Å². The maximum absolute atomic E-state index is 12.7.